The summed E-state index contributed by atoms with van der Waals surface area (Å²) in [7, 11) is 0. The Bertz CT molecular complexity index is 590. The summed E-state index contributed by atoms with van der Waals surface area (Å²) in [4.78, 5) is 17.1. The normalized spacial score (nSPS) is 15.7. The summed E-state index contributed by atoms with van der Waals surface area (Å²) in [6.07, 6.45) is 6.54. The summed E-state index contributed by atoms with van der Waals surface area (Å²) in [5.41, 5.74) is 0.386. The maximum atomic E-state index is 4.41. The van der Waals surface area contributed by atoms with Crippen LogP contribution < -0.4 is 10.6 Å². The van der Waals surface area contributed by atoms with Crippen LogP contribution in [-0.2, 0) is 0 Å². The number of rotatable bonds is 7. The number of nitrogens with one attached hydrogen (secondary N) is 2. The third-order valence-corrected chi connectivity index (χ3v) is 3.56. The van der Waals surface area contributed by atoms with Gasteiger partial charge in [-0.3, -0.25) is 0 Å². The van der Waals surface area contributed by atoms with E-state index >= 15 is 0 Å². The number of aromatic nitrogens is 6. The zero-order valence-corrected chi connectivity index (χ0v) is 12.4. The van der Waals surface area contributed by atoms with E-state index in [4.69, 9.17) is 0 Å². The third-order valence-electron chi connectivity index (χ3n) is 3.56. The van der Waals surface area contributed by atoms with E-state index in [1.165, 1.54) is 23.9 Å². The molecule has 0 aliphatic heterocycles. The van der Waals surface area contributed by atoms with Crippen molar-refractivity contribution in [3.63, 3.8) is 0 Å². The van der Waals surface area contributed by atoms with Crippen LogP contribution in [-0.4, -0.2) is 42.8 Å². The Balaban J connectivity index is 1.81. The summed E-state index contributed by atoms with van der Waals surface area (Å²) in [5, 5.41) is 10.6. The zero-order valence-electron chi connectivity index (χ0n) is 12.4. The first kappa shape index (κ1) is 13.7. The van der Waals surface area contributed by atoms with Gasteiger partial charge in [0.05, 0.1) is 0 Å². The highest BCUT2D eigenvalue weighted by Gasteiger charge is 2.37. The molecule has 2 N–H and O–H groups in total. The smallest absolute Gasteiger partial charge is 0.258 e. The molecule has 2 aromatic heterocycles. The van der Waals surface area contributed by atoms with Gasteiger partial charge in [-0.05, 0) is 24.7 Å². The van der Waals surface area contributed by atoms with Crippen LogP contribution in [0.5, 0.6) is 0 Å². The number of hydrogen-bond donors (Lipinski definition) is 2. The maximum Gasteiger partial charge on any atom is 0.258 e. The molecule has 1 aliphatic rings. The molecule has 2 heterocycles. The molecular formula is C13H20N8. The molecule has 112 valence electrons. The van der Waals surface area contributed by atoms with Crippen LogP contribution >= 0.6 is 0 Å². The lowest BCUT2D eigenvalue weighted by Gasteiger charge is -2.12. The molecule has 0 saturated heterocycles. The summed E-state index contributed by atoms with van der Waals surface area (Å²) >= 11 is 0. The van der Waals surface area contributed by atoms with E-state index < -0.39 is 0 Å². The molecule has 1 aliphatic carbocycles. The molecule has 1 fully saturated rings. The van der Waals surface area contributed by atoms with Gasteiger partial charge in [-0.1, -0.05) is 13.8 Å². The Morgan fingerprint density at radius 3 is 2.57 bits per heavy atom. The Morgan fingerprint density at radius 1 is 1.19 bits per heavy atom. The van der Waals surface area contributed by atoms with Crippen LogP contribution in [0.25, 0.3) is 5.95 Å². The standard InChI is InChI=1S/C13H20N8/c1-3-6-15-10-18-11(16-7-13(2)4-5-13)20-12(19-10)21-9-14-8-17-21/h8-9H,3-7H2,1-2H3,(H2,15,16,18,19,20). The van der Waals surface area contributed by atoms with Crippen molar-refractivity contribution in [3.8, 4) is 5.95 Å². The monoisotopic (exact) mass is 288 g/mol. The Hall–Kier alpha value is -2.25. The SMILES string of the molecule is CCCNc1nc(NCC2(C)CC2)nc(-n2cncn2)n1. The predicted molar refractivity (Wildman–Crippen MR) is 79.4 cm³/mol. The average molecular weight is 288 g/mol. The largest absolute Gasteiger partial charge is 0.354 e. The second-order valence-electron chi connectivity index (χ2n) is 5.71. The van der Waals surface area contributed by atoms with Crippen LogP contribution in [0.2, 0.25) is 0 Å². The molecule has 21 heavy (non-hydrogen) atoms. The minimum atomic E-state index is 0.386. The average Bonchev–Trinajstić information content (AvgIpc) is 3.01. The zero-order chi connectivity index (χ0) is 14.7. The van der Waals surface area contributed by atoms with Gasteiger partial charge in [0, 0.05) is 13.1 Å². The van der Waals surface area contributed by atoms with E-state index in [9.17, 15) is 0 Å². The first-order valence-electron chi connectivity index (χ1n) is 7.27. The van der Waals surface area contributed by atoms with Crippen LogP contribution in [0.15, 0.2) is 12.7 Å². The van der Waals surface area contributed by atoms with Crippen LogP contribution in [0.4, 0.5) is 11.9 Å². The fourth-order valence-electron chi connectivity index (χ4n) is 1.86. The second-order valence-corrected chi connectivity index (χ2v) is 5.71. The summed E-state index contributed by atoms with van der Waals surface area (Å²) in [6, 6.07) is 0. The van der Waals surface area contributed by atoms with Gasteiger partial charge < -0.3 is 10.6 Å². The molecule has 0 aromatic carbocycles. The quantitative estimate of drug-likeness (QED) is 0.797. The van der Waals surface area contributed by atoms with Crippen molar-refractivity contribution in [2.45, 2.75) is 33.1 Å². The first-order chi connectivity index (χ1) is 10.2. The van der Waals surface area contributed by atoms with E-state index in [0.717, 1.165) is 19.5 Å². The number of anilines is 2. The molecule has 1 saturated carbocycles. The molecule has 0 unspecified atom stereocenters. The van der Waals surface area contributed by atoms with Crippen LogP contribution in [0.1, 0.15) is 33.1 Å². The lowest BCUT2D eigenvalue weighted by atomic mass is 10.1. The fourth-order valence-corrected chi connectivity index (χ4v) is 1.86. The Labute approximate surface area is 123 Å². The molecule has 8 nitrogen and oxygen atoms in total. The predicted octanol–water partition coefficient (Wildman–Crippen LogP) is 1.49. The van der Waals surface area contributed by atoms with Crippen molar-refractivity contribution >= 4 is 11.9 Å². The minimum absolute atomic E-state index is 0.386. The Kier molecular flexibility index (Phi) is 3.68. The van der Waals surface area contributed by atoms with Crippen molar-refractivity contribution in [2.24, 2.45) is 5.41 Å². The van der Waals surface area contributed by atoms with Crippen molar-refractivity contribution in [1.82, 2.24) is 29.7 Å². The van der Waals surface area contributed by atoms with Gasteiger partial charge in [-0.2, -0.15) is 24.7 Å². The fraction of sp³-hybridized carbons (Fsp3) is 0.615. The van der Waals surface area contributed by atoms with E-state index in [1.54, 1.807) is 6.33 Å². The lowest BCUT2D eigenvalue weighted by molar-refractivity contribution is 0.607. The van der Waals surface area contributed by atoms with Gasteiger partial charge in [0.15, 0.2) is 0 Å². The molecule has 0 atom stereocenters. The van der Waals surface area contributed by atoms with Crippen LogP contribution in [0, 0.1) is 5.41 Å². The van der Waals surface area contributed by atoms with Crippen LogP contribution in [0.3, 0.4) is 0 Å². The third kappa shape index (κ3) is 3.45. The van der Waals surface area contributed by atoms with Gasteiger partial charge in [-0.25, -0.2) is 4.98 Å². The van der Waals surface area contributed by atoms with Crippen molar-refractivity contribution in [3.05, 3.63) is 12.7 Å². The van der Waals surface area contributed by atoms with Crippen molar-refractivity contribution in [2.75, 3.05) is 23.7 Å². The first-order valence-corrected chi connectivity index (χ1v) is 7.27. The summed E-state index contributed by atoms with van der Waals surface area (Å²) in [6.45, 7) is 6.05. The maximum absolute atomic E-state index is 4.41. The summed E-state index contributed by atoms with van der Waals surface area (Å²) < 4.78 is 1.53. The second kappa shape index (κ2) is 5.63. The lowest BCUT2D eigenvalue weighted by Crippen LogP contribution is -2.17. The van der Waals surface area contributed by atoms with Crippen molar-refractivity contribution in [1.29, 1.82) is 0 Å². The van der Waals surface area contributed by atoms with E-state index in [-0.39, 0.29) is 0 Å². The molecule has 0 spiro atoms. The van der Waals surface area contributed by atoms with Gasteiger partial charge >= 0.3 is 0 Å². The molecule has 0 bridgehead atoms. The van der Waals surface area contributed by atoms with Crippen molar-refractivity contribution < 1.29 is 0 Å². The number of hydrogen-bond acceptors (Lipinski definition) is 7. The number of nitrogens with zero attached hydrogens (tertiary/aromatic N) is 6. The van der Waals surface area contributed by atoms with Gasteiger partial charge in [-0.15, -0.1) is 0 Å². The molecule has 8 heteroatoms. The van der Waals surface area contributed by atoms with E-state index in [1.807, 2.05) is 0 Å². The highest BCUT2D eigenvalue weighted by atomic mass is 15.4. The molecule has 0 amide bonds. The van der Waals surface area contributed by atoms with Gasteiger partial charge in [0.1, 0.15) is 12.7 Å². The highest BCUT2D eigenvalue weighted by molar-refractivity contribution is 5.38. The Morgan fingerprint density at radius 2 is 1.95 bits per heavy atom. The van der Waals surface area contributed by atoms with Gasteiger partial charge in [0.25, 0.3) is 5.95 Å². The minimum Gasteiger partial charge on any atom is -0.354 e. The van der Waals surface area contributed by atoms with E-state index in [0.29, 0.717) is 23.3 Å². The van der Waals surface area contributed by atoms with E-state index in [2.05, 4.69) is 49.5 Å². The molecule has 3 rings (SSSR count). The molecular weight excluding hydrogens is 268 g/mol. The molecule has 2 aromatic rings. The highest BCUT2D eigenvalue weighted by Crippen LogP contribution is 2.44. The molecule has 0 radical (unpaired) electrons. The topological polar surface area (TPSA) is 93.4 Å². The van der Waals surface area contributed by atoms with Gasteiger partial charge in [0.2, 0.25) is 11.9 Å². The summed E-state index contributed by atoms with van der Waals surface area (Å²) in [5.74, 6) is 1.59.